The molecule has 0 bridgehead atoms. The van der Waals surface area contributed by atoms with Gasteiger partial charge in [0.25, 0.3) is 0 Å². The Kier molecular flexibility index (Phi) is 9.60. The van der Waals surface area contributed by atoms with Gasteiger partial charge in [0.1, 0.15) is 5.78 Å². The zero-order valence-electron chi connectivity index (χ0n) is 11.2. The van der Waals surface area contributed by atoms with Crippen molar-refractivity contribution < 1.29 is 9.90 Å². The Morgan fingerprint density at radius 1 is 1.12 bits per heavy atom. The molecular weight excluding hydrogens is 200 g/mol. The van der Waals surface area contributed by atoms with Crippen LogP contribution >= 0.6 is 0 Å². The van der Waals surface area contributed by atoms with E-state index in [-0.39, 0.29) is 6.10 Å². The highest BCUT2D eigenvalue weighted by molar-refractivity contribution is 5.75. The minimum absolute atomic E-state index is 0.127. The summed E-state index contributed by atoms with van der Waals surface area (Å²) in [6.07, 6.45) is 8.48. The maximum Gasteiger partial charge on any atom is 0.129 e. The van der Waals surface area contributed by atoms with Crippen LogP contribution in [0.15, 0.2) is 0 Å². The van der Waals surface area contributed by atoms with Gasteiger partial charge in [-0.2, -0.15) is 0 Å². The van der Waals surface area contributed by atoms with Crippen LogP contribution in [0, 0.1) is 5.92 Å². The quantitative estimate of drug-likeness (QED) is 0.579. The Bertz CT molecular complexity index is 178. The molecule has 16 heavy (non-hydrogen) atoms. The van der Waals surface area contributed by atoms with Crippen molar-refractivity contribution in [2.75, 3.05) is 0 Å². The minimum Gasteiger partial charge on any atom is -0.393 e. The Morgan fingerprint density at radius 2 is 1.69 bits per heavy atom. The summed E-state index contributed by atoms with van der Waals surface area (Å²) in [4.78, 5) is 10.7. The predicted molar refractivity (Wildman–Crippen MR) is 68.5 cm³/mol. The van der Waals surface area contributed by atoms with Gasteiger partial charge >= 0.3 is 0 Å². The topological polar surface area (TPSA) is 37.3 Å². The van der Waals surface area contributed by atoms with E-state index in [1.165, 1.54) is 25.7 Å². The van der Waals surface area contributed by atoms with E-state index < -0.39 is 0 Å². The van der Waals surface area contributed by atoms with Crippen molar-refractivity contribution in [3.63, 3.8) is 0 Å². The van der Waals surface area contributed by atoms with Gasteiger partial charge in [0.15, 0.2) is 0 Å². The molecule has 0 saturated carbocycles. The van der Waals surface area contributed by atoms with Crippen LogP contribution in [0.3, 0.4) is 0 Å². The highest BCUT2D eigenvalue weighted by Gasteiger charge is 2.10. The molecule has 0 rings (SSSR count). The fourth-order valence-corrected chi connectivity index (χ4v) is 1.97. The number of carbonyl (C=O) groups excluding carboxylic acids is 1. The Labute approximate surface area is 100 Å². The average Bonchev–Trinajstić information content (AvgIpc) is 2.25. The molecule has 0 spiro atoms. The molecule has 2 heteroatoms. The molecule has 0 radical (unpaired) electrons. The highest BCUT2D eigenvalue weighted by atomic mass is 16.3. The smallest absolute Gasteiger partial charge is 0.129 e. The Balaban J connectivity index is 3.23. The van der Waals surface area contributed by atoms with Gasteiger partial charge in [0.05, 0.1) is 6.10 Å². The molecule has 0 aromatic rings. The molecular formula is C14H28O2. The van der Waals surface area contributed by atoms with Crippen LogP contribution in [0.4, 0.5) is 0 Å². The summed E-state index contributed by atoms with van der Waals surface area (Å²) in [5.74, 6) is 0.738. The van der Waals surface area contributed by atoms with E-state index in [9.17, 15) is 9.90 Å². The number of hydrogen-bond donors (Lipinski definition) is 1. The third kappa shape index (κ3) is 8.90. The van der Waals surface area contributed by atoms with Gasteiger partial charge in [-0.25, -0.2) is 0 Å². The maximum absolute atomic E-state index is 10.7. The van der Waals surface area contributed by atoms with E-state index in [0.717, 1.165) is 25.7 Å². The van der Waals surface area contributed by atoms with Crippen molar-refractivity contribution in [1.29, 1.82) is 0 Å². The van der Waals surface area contributed by atoms with Crippen molar-refractivity contribution in [3.8, 4) is 0 Å². The molecule has 0 fully saturated rings. The standard InChI is InChI=1S/C14H28O2/c1-4-14(16)12(2)10-8-6-5-7-9-11-13(3)15/h12,14,16H,4-11H2,1-3H3/t12-,14+/m1/s1. The number of aliphatic hydroxyl groups excluding tert-OH is 1. The maximum atomic E-state index is 10.7. The van der Waals surface area contributed by atoms with Gasteiger partial charge in [0.2, 0.25) is 0 Å². The number of hydrogen-bond acceptors (Lipinski definition) is 2. The van der Waals surface area contributed by atoms with Crippen LogP contribution in [-0.4, -0.2) is 17.0 Å². The van der Waals surface area contributed by atoms with Crippen LogP contribution in [0.2, 0.25) is 0 Å². The first-order chi connectivity index (χ1) is 7.57. The van der Waals surface area contributed by atoms with Crippen LogP contribution in [0.5, 0.6) is 0 Å². The van der Waals surface area contributed by atoms with Crippen molar-refractivity contribution in [1.82, 2.24) is 0 Å². The lowest BCUT2D eigenvalue weighted by molar-refractivity contribution is -0.117. The zero-order chi connectivity index (χ0) is 12.4. The summed E-state index contributed by atoms with van der Waals surface area (Å²) in [5.41, 5.74) is 0. The third-order valence-corrected chi connectivity index (χ3v) is 3.26. The van der Waals surface area contributed by atoms with Crippen LogP contribution in [-0.2, 0) is 4.79 Å². The molecule has 0 heterocycles. The molecule has 96 valence electrons. The predicted octanol–water partition coefficient (Wildman–Crippen LogP) is 3.71. The summed E-state index contributed by atoms with van der Waals surface area (Å²) in [7, 11) is 0. The van der Waals surface area contributed by atoms with Crippen LogP contribution < -0.4 is 0 Å². The number of aliphatic hydroxyl groups is 1. The molecule has 2 nitrogen and oxygen atoms in total. The minimum atomic E-state index is -0.127. The monoisotopic (exact) mass is 228 g/mol. The summed E-state index contributed by atoms with van der Waals surface area (Å²) in [6.45, 7) is 5.82. The van der Waals surface area contributed by atoms with Gasteiger partial charge in [-0.3, -0.25) is 0 Å². The zero-order valence-corrected chi connectivity index (χ0v) is 11.2. The fraction of sp³-hybridized carbons (Fsp3) is 0.929. The van der Waals surface area contributed by atoms with E-state index in [2.05, 4.69) is 6.92 Å². The number of ketones is 1. The van der Waals surface area contributed by atoms with Crippen molar-refractivity contribution in [2.24, 2.45) is 5.92 Å². The van der Waals surface area contributed by atoms with Crippen molar-refractivity contribution >= 4 is 5.78 Å². The molecule has 0 aliphatic carbocycles. The van der Waals surface area contributed by atoms with Gasteiger partial charge in [-0.1, -0.05) is 39.5 Å². The number of rotatable bonds is 10. The lowest BCUT2D eigenvalue weighted by Gasteiger charge is -2.16. The van der Waals surface area contributed by atoms with Crippen molar-refractivity contribution in [3.05, 3.63) is 0 Å². The highest BCUT2D eigenvalue weighted by Crippen LogP contribution is 2.16. The molecule has 0 unspecified atom stereocenters. The normalized spacial score (nSPS) is 14.8. The van der Waals surface area contributed by atoms with E-state index in [1.54, 1.807) is 6.92 Å². The molecule has 0 aliphatic heterocycles. The summed E-state index contributed by atoms with van der Waals surface area (Å²) >= 11 is 0. The van der Waals surface area contributed by atoms with E-state index in [0.29, 0.717) is 11.7 Å². The molecule has 0 aliphatic rings. The van der Waals surface area contributed by atoms with Crippen molar-refractivity contribution in [2.45, 2.75) is 78.2 Å². The van der Waals surface area contributed by atoms with E-state index >= 15 is 0 Å². The summed E-state index contributed by atoms with van der Waals surface area (Å²) in [6, 6.07) is 0. The number of Topliss-reactive ketones (excluding diaryl/α,β-unsaturated/α-hetero) is 1. The fourth-order valence-electron chi connectivity index (χ4n) is 1.97. The number of carbonyl (C=O) groups is 1. The van der Waals surface area contributed by atoms with Gasteiger partial charge in [-0.15, -0.1) is 0 Å². The lowest BCUT2D eigenvalue weighted by Crippen LogP contribution is -2.15. The third-order valence-electron chi connectivity index (χ3n) is 3.26. The first-order valence-corrected chi connectivity index (χ1v) is 6.75. The second-order valence-electron chi connectivity index (χ2n) is 4.96. The first-order valence-electron chi connectivity index (χ1n) is 6.75. The second kappa shape index (κ2) is 9.83. The first kappa shape index (κ1) is 15.6. The Morgan fingerprint density at radius 3 is 2.25 bits per heavy atom. The number of unbranched alkanes of at least 4 members (excludes halogenated alkanes) is 4. The average molecular weight is 228 g/mol. The van der Waals surface area contributed by atoms with Crippen LogP contribution in [0.1, 0.15) is 72.1 Å². The van der Waals surface area contributed by atoms with Gasteiger partial charge < -0.3 is 9.90 Å². The van der Waals surface area contributed by atoms with Gasteiger partial charge in [0, 0.05) is 6.42 Å². The molecule has 0 saturated heterocycles. The second-order valence-corrected chi connectivity index (χ2v) is 4.96. The largest absolute Gasteiger partial charge is 0.393 e. The summed E-state index contributed by atoms with van der Waals surface area (Å²) in [5, 5.41) is 9.59. The lowest BCUT2D eigenvalue weighted by atomic mass is 9.95. The molecule has 2 atom stereocenters. The molecule has 1 N–H and O–H groups in total. The molecule has 0 aromatic heterocycles. The molecule has 0 aromatic carbocycles. The summed E-state index contributed by atoms with van der Waals surface area (Å²) < 4.78 is 0. The SMILES string of the molecule is CC[C@H](O)[C@H](C)CCCCCCCC(C)=O. The van der Waals surface area contributed by atoms with E-state index in [4.69, 9.17) is 0 Å². The molecule has 0 amide bonds. The van der Waals surface area contributed by atoms with E-state index in [1.807, 2.05) is 6.92 Å². The Hall–Kier alpha value is -0.370. The van der Waals surface area contributed by atoms with Gasteiger partial charge in [-0.05, 0) is 32.1 Å². The van der Waals surface area contributed by atoms with Crippen LogP contribution in [0.25, 0.3) is 0 Å².